The van der Waals surface area contributed by atoms with E-state index in [1.807, 2.05) is 0 Å². The quantitative estimate of drug-likeness (QED) is 0.707. The van der Waals surface area contributed by atoms with Crippen LogP contribution in [-0.4, -0.2) is 43.1 Å². The second-order valence-electron chi connectivity index (χ2n) is 3.51. The Kier molecular flexibility index (Phi) is 3.81. The zero-order chi connectivity index (χ0) is 13.8. The van der Waals surface area contributed by atoms with Crippen molar-refractivity contribution in [3.63, 3.8) is 0 Å². The number of thioether (sulfide) groups is 1. The van der Waals surface area contributed by atoms with Crippen molar-refractivity contribution in [3.05, 3.63) is 29.8 Å². The normalized spacial score (nSPS) is 10.3. The number of hydrogen-bond acceptors (Lipinski definition) is 5. The molecule has 0 spiro atoms. The molecule has 2 rings (SSSR count). The molecule has 0 unspecified atom stereocenters. The Balaban J connectivity index is 2.28. The summed E-state index contributed by atoms with van der Waals surface area (Å²) < 4.78 is 0. The number of carboxylic acid groups (broad SMARTS) is 2. The van der Waals surface area contributed by atoms with Crippen LogP contribution in [0.3, 0.4) is 0 Å². The minimum atomic E-state index is -1.06. The Morgan fingerprint density at radius 3 is 2.63 bits per heavy atom. The summed E-state index contributed by atoms with van der Waals surface area (Å²) in [6.45, 7) is 0. The van der Waals surface area contributed by atoms with Crippen LogP contribution in [0.25, 0.3) is 11.4 Å². The van der Waals surface area contributed by atoms with E-state index in [4.69, 9.17) is 10.2 Å². The van der Waals surface area contributed by atoms with E-state index >= 15 is 0 Å². The van der Waals surface area contributed by atoms with Crippen LogP contribution < -0.4 is 0 Å². The fourth-order valence-corrected chi connectivity index (χ4v) is 1.97. The molecule has 0 amide bonds. The van der Waals surface area contributed by atoms with Gasteiger partial charge >= 0.3 is 11.9 Å². The highest BCUT2D eigenvalue weighted by atomic mass is 32.2. The number of aromatic amines is 1. The molecule has 2 aromatic rings. The van der Waals surface area contributed by atoms with Gasteiger partial charge in [-0.3, -0.25) is 4.79 Å². The van der Waals surface area contributed by atoms with Crippen molar-refractivity contribution in [2.75, 3.05) is 5.75 Å². The molecule has 1 heterocycles. The van der Waals surface area contributed by atoms with Gasteiger partial charge in [-0.1, -0.05) is 30.0 Å². The Bertz CT molecular complexity index is 626. The minimum absolute atomic E-state index is 0.105. The van der Waals surface area contributed by atoms with Gasteiger partial charge < -0.3 is 15.2 Å². The molecule has 0 aliphatic heterocycles. The third kappa shape index (κ3) is 3.10. The van der Waals surface area contributed by atoms with Crippen LogP contribution in [-0.2, 0) is 4.79 Å². The Morgan fingerprint density at radius 2 is 1.95 bits per heavy atom. The summed E-state index contributed by atoms with van der Waals surface area (Å²) in [5, 5.41) is 25.5. The Hall–Kier alpha value is -2.35. The summed E-state index contributed by atoms with van der Waals surface area (Å²) in [7, 11) is 0. The van der Waals surface area contributed by atoms with Crippen LogP contribution >= 0.6 is 11.8 Å². The standard InChI is InChI=1S/C11H9N3O4S/c15-8(16)5-19-11-12-9(13-14-11)6-3-1-2-4-7(6)10(17)18/h1-4H,5H2,(H,15,16)(H,17,18)(H,12,13,14). The fraction of sp³-hybridized carbons (Fsp3) is 0.0909. The van der Waals surface area contributed by atoms with Crippen molar-refractivity contribution in [1.29, 1.82) is 0 Å². The average molecular weight is 279 g/mol. The minimum Gasteiger partial charge on any atom is -0.481 e. The summed E-state index contributed by atoms with van der Waals surface area (Å²) in [6.07, 6.45) is 0. The molecule has 8 heteroatoms. The molecule has 0 aliphatic carbocycles. The summed E-state index contributed by atoms with van der Waals surface area (Å²) in [5.41, 5.74) is 0.512. The van der Waals surface area contributed by atoms with Gasteiger partial charge in [0.2, 0.25) is 0 Å². The summed E-state index contributed by atoms with van der Waals surface area (Å²) in [5.74, 6) is -1.87. The number of H-pyrrole nitrogens is 1. The molecule has 0 saturated carbocycles. The molecule has 98 valence electrons. The van der Waals surface area contributed by atoms with E-state index in [1.165, 1.54) is 6.07 Å². The number of hydrogen-bond donors (Lipinski definition) is 3. The third-order valence-corrected chi connectivity index (χ3v) is 3.06. The molecule has 0 atom stereocenters. The SMILES string of the molecule is O=C(O)CSc1nnc(-c2ccccc2C(=O)O)[nH]1. The molecular weight excluding hydrogens is 270 g/mol. The smallest absolute Gasteiger partial charge is 0.336 e. The van der Waals surface area contributed by atoms with E-state index in [0.29, 0.717) is 16.5 Å². The van der Waals surface area contributed by atoms with Gasteiger partial charge in [-0.05, 0) is 6.07 Å². The van der Waals surface area contributed by atoms with Crippen LogP contribution in [0.5, 0.6) is 0 Å². The van der Waals surface area contributed by atoms with Gasteiger partial charge in [0.15, 0.2) is 11.0 Å². The number of aromatic carboxylic acids is 1. The number of rotatable bonds is 5. The lowest BCUT2D eigenvalue weighted by molar-refractivity contribution is -0.133. The number of aromatic nitrogens is 3. The second kappa shape index (κ2) is 5.53. The van der Waals surface area contributed by atoms with Crippen LogP contribution in [0.2, 0.25) is 0 Å². The van der Waals surface area contributed by atoms with Gasteiger partial charge in [-0.25, -0.2) is 4.79 Å². The Morgan fingerprint density at radius 1 is 1.21 bits per heavy atom. The van der Waals surface area contributed by atoms with E-state index in [9.17, 15) is 9.59 Å². The highest BCUT2D eigenvalue weighted by Gasteiger charge is 2.14. The number of carboxylic acids is 2. The van der Waals surface area contributed by atoms with Crippen molar-refractivity contribution in [2.24, 2.45) is 0 Å². The maximum absolute atomic E-state index is 11.1. The molecule has 1 aromatic heterocycles. The molecule has 0 radical (unpaired) electrons. The average Bonchev–Trinajstić information content (AvgIpc) is 2.85. The summed E-state index contributed by atoms with van der Waals surface area (Å²) >= 11 is 0.982. The summed E-state index contributed by atoms with van der Waals surface area (Å²) in [6, 6.07) is 6.37. The predicted octanol–water partition coefficient (Wildman–Crippen LogP) is 1.35. The molecule has 0 fully saturated rings. The second-order valence-corrected chi connectivity index (χ2v) is 4.48. The monoisotopic (exact) mass is 279 g/mol. The summed E-state index contributed by atoms with van der Waals surface area (Å²) in [4.78, 5) is 24.3. The lowest BCUT2D eigenvalue weighted by Crippen LogP contribution is -2.00. The van der Waals surface area contributed by atoms with E-state index in [2.05, 4.69) is 15.2 Å². The molecule has 1 aromatic carbocycles. The van der Waals surface area contributed by atoms with Crippen molar-refractivity contribution in [3.8, 4) is 11.4 Å². The maximum Gasteiger partial charge on any atom is 0.336 e. The van der Waals surface area contributed by atoms with Crippen LogP contribution in [0.1, 0.15) is 10.4 Å². The fourth-order valence-electron chi connectivity index (χ4n) is 1.44. The molecular formula is C11H9N3O4S. The molecule has 0 saturated heterocycles. The van der Waals surface area contributed by atoms with Crippen molar-refractivity contribution < 1.29 is 19.8 Å². The van der Waals surface area contributed by atoms with E-state index in [-0.39, 0.29) is 11.3 Å². The van der Waals surface area contributed by atoms with Crippen molar-refractivity contribution >= 4 is 23.7 Å². The van der Waals surface area contributed by atoms with Crippen molar-refractivity contribution in [2.45, 2.75) is 5.16 Å². The lowest BCUT2D eigenvalue weighted by Gasteiger charge is -2.01. The first-order chi connectivity index (χ1) is 9.08. The van der Waals surface area contributed by atoms with E-state index in [0.717, 1.165) is 11.8 Å². The molecule has 19 heavy (non-hydrogen) atoms. The van der Waals surface area contributed by atoms with Gasteiger partial charge in [0, 0.05) is 5.56 Å². The first-order valence-electron chi connectivity index (χ1n) is 5.18. The predicted molar refractivity (Wildman–Crippen MR) is 67.1 cm³/mol. The van der Waals surface area contributed by atoms with Gasteiger partial charge in [0.1, 0.15) is 0 Å². The number of benzene rings is 1. The molecule has 7 nitrogen and oxygen atoms in total. The van der Waals surface area contributed by atoms with Gasteiger partial charge in [-0.2, -0.15) is 0 Å². The molecule has 0 bridgehead atoms. The number of nitrogens with zero attached hydrogens (tertiary/aromatic N) is 2. The van der Waals surface area contributed by atoms with Gasteiger partial charge in [-0.15, -0.1) is 10.2 Å². The highest BCUT2D eigenvalue weighted by molar-refractivity contribution is 7.99. The molecule has 3 N–H and O–H groups in total. The maximum atomic E-state index is 11.1. The zero-order valence-electron chi connectivity index (χ0n) is 9.53. The topological polar surface area (TPSA) is 116 Å². The molecule has 0 aliphatic rings. The van der Waals surface area contributed by atoms with Crippen LogP contribution in [0.15, 0.2) is 29.4 Å². The number of aliphatic carboxylic acids is 1. The van der Waals surface area contributed by atoms with Crippen LogP contribution in [0, 0.1) is 0 Å². The van der Waals surface area contributed by atoms with E-state index < -0.39 is 11.9 Å². The zero-order valence-corrected chi connectivity index (χ0v) is 10.3. The Labute approximate surface area is 111 Å². The van der Waals surface area contributed by atoms with Gasteiger partial charge in [0.25, 0.3) is 0 Å². The highest BCUT2D eigenvalue weighted by Crippen LogP contribution is 2.22. The van der Waals surface area contributed by atoms with Crippen LogP contribution in [0.4, 0.5) is 0 Å². The first-order valence-corrected chi connectivity index (χ1v) is 6.16. The number of carbonyl (C=O) groups is 2. The van der Waals surface area contributed by atoms with E-state index in [1.54, 1.807) is 18.2 Å². The van der Waals surface area contributed by atoms with Gasteiger partial charge in [0.05, 0.1) is 11.3 Å². The number of nitrogens with one attached hydrogen (secondary N) is 1. The van der Waals surface area contributed by atoms with Crippen molar-refractivity contribution in [1.82, 2.24) is 15.2 Å². The lowest BCUT2D eigenvalue weighted by atomic mass is 10.1. The third-order valence-electron chi connectivity index (χ3n) is 2.21. The first kappa shape index (κ1) is 13.1. The largest absolute Gasteiger partial charge is 0.481 e.